The Morgan fingerprint density at radius 2 is 1.93 bits per heavy atom. The van der Waals surface area contributed by atoms with Crippen LogP contribution in [0, 0.1) is 23.1 Å². The first-order chi connectivity index (χ1) is 13.5. The summed E-state index contributed by atoms with van der Waals surface area (Å²) in [6, 6.07) is 11.9. The van der Waals surface area contributed by atoms with Crippen LogP contribution in [0.4, 0.5) is 4.39 Å². The van der Waals surface area contributed by atoms with Crippen molar-refractivity contribution in [3.63, 3.8) is 0 Å². The Bertz CT molecular complexity index is 921. The number of piperidine rings is 1. The lowest BCUT2D eigenvalue weighted by atomic mass is 9.97. The summed E-state index contributed by atoms with van der Waals surface area (Å²) < 4.78 is 23.7. The number of amides is 1. The van der Waals surface area contributed by atoms with E-state index in [0.29, 0.717) is 36.3 Å². The van der Waals surface area contributed by atoms with E-state index in [9.17, 15) is 14.0 Å². The molecule has 1 saturated heterocycles. The summed E-state index contributed by atoms with van der Waals surface area (Å²) in [5.41, 5.74) is 0.773. The normalized spacial score (nSPS) is 16.2. The molecule has 6 nitrogen and oxygen atoms in total. The molecule has 1 unspecified atom stereocenters. The number of carbonyl (C=O) groups excluding carboxylic acids is 2. The maximum absolute atomic E-state index is 13.1. The first-order valence-electron chi connectivity index (χ1n) is 8.86. The van der Waals surface area contributed by atoms with Crippen molar-refractivity contribution in [2.24, 2.45) is 5.92 Å². The molecule has 1 heterocycles. The van der Waals surface area contributed by atoms with E-state index in [0.717, 1.165) is 0 Å². The van der Waals surface area contributed by atoms with Gasteiger partial charge in [-0.15, -0.1) is 0 Å². The van der Waals surface area contributed by atoms with E-state index < -0.39 is 17.7 Å². The quantitative estimate of drug-likeness (QED) is 0.599. The molecule has 2 aromatic carbocycles. The summed E-state index contributed by atoms with van der Waals surface area (Å²) in [6.07, 6.45) is 1.27. The number of nitriles is 1. The second kappa shape index (κ2) is 8.53. The molecular weight excluding hydrogens is 363 g/mol. The van der Waals surface area contributed by atoms with Crippen LogP contribution in [-0.4, -0.2) is 37.0 Å². The molecule has 0 aromatic heterocycles. The largest absolute Gasteiger partial charge is 0.493 e. The third-order valence-electron chi connectivity index (χ3n) is 4.64. The minimum Gasteiger partial charge on any atom is -0.493 e. The number of carbonyl (C=O) groups is 2. The van der Waals surface area contributed by atoms with Gasteiger partial charge < -0.3 is 14.4 Å². The fourth-order valence-corrected chi connectivity index (χ4v) is 3.14. The molecule has 1 aliphatic heterocycles. The van der Waals surface area contributed by atoms with Crippen molar-refractivity contribution in [1.29, 1.82) is 5.26 Å². The van der Waals surface area contributed by atoms with Crippen LogP contribution in [0.2, 0.25) is 0 Å². The van der Waals surface area contributed by atoms with Gasteiger partial charge in [-0.3, -0.25) is 9.59 Å². The van der Waals surface area contributed by atoms with Crippen molar-refractivity contribution in [3.8, 4) is 17.6 Å². The van der Waals surface area contributed by atoms with Crippen LogP contribution >= 0.6 is 0 Å². The highest BCUT2D eigenvalue weighted by Crippen LogP contribution is 2.29. The Balaban J connectivity index is 1.68. The molecular formula is C21H19FN2O4. The molecule has 28 heavy (non-hydrogen) atoms. The zero-order chi connectivity index (χ0) is 20.1. The number of methoxy groups -OCH3 is 1. The van der Waals surface area contributed by atoms with Crippen molar-refractivity contribution in [2.45, 2.75) is 12.8 Å². The molecule has 0 spiro atoms. The van der Waals surface area contributed by atoms with Gasteiger partial charge in [0.1, 0.15) is 5.82 Å². The van der Waals surface area contributed by atoms with E-state index in [1.807, 2.05) is 6.07 Å². The average molecular weight is 382 g/mol. The fraction of sp³-hybridized carbons (Fsp3) is 0.286. The van der Waals surface area contributed by atoms with E-state index >= 15 is 0 Å². The zero-order valence-corrected chi connectivity index (χ0v) is 15.4. The van der Waals surface area contributed by atoms with Crippen LogP contribution in [0.5, 0.6) is 11.5 Å². The first kappa shape index (κ1) is 19.4. The number of hydrogen-bond acceptors (Lipinski definition) is 5. The van der Waals surface area contributed by atoms with Crippen LogP contribution in [0.1, 0.15) is 28.8 Å². The van der Waals surface area contributed by atoms with E-state index in [1.165, 1.54) is 49.6 Å². The third kappa shape index (κ3) is 4.29. The van der Waals surface area contributed by atoms with Gasteiger partial charge in [0.05, 0.1) is 24.7 Å². The maximum Gasteiger partial charge on any atom is 0.316 e. The van der Waals surface area contributed by atoms with Gasteiger partial charge in [-0.2, -0.15) is 5.26 Å². The second-order valence-corrected chi connectivity index (χ2v) is 6.50. The molecule has 3 rings (SSSR count). The Labute approximate surface area is 162 Å². The smallest absolute Gasteiger partial charge is 0.316 e. The van der Waals surface area contributed by atoms with Crippen molar-refractivity contribution < 1.29 is 23.5 Å². The van der Waals surface area contributed by atoms with Crippen LogP contribution < -0.4 is 9.47 Å². The van der Waals surface area contributed by atoms with Gasteiger partial charge in [0, 0.05) is 24.7 Å². The van der Waals surface area contributed by atoms with Crippen molar-refractivity contribution >= 4 is 11.9 Å². The minimum atomic E-state index is -0.474. The fourth-order valence-electron chi connectivity index (χ4n) is 3.14. The standard InChI is InChI=1S/C21H19FN2O4/c1-27-19-11-14(12-23)4-9-18(19)28-21(26)16-3-2-10-24(13-16)20(25)15-5-7-17(22)8-6-15/h4-9,11,16H,2-3,10,13H2,1H3. The number of esters is 1. The van der Waals surface area contributed by atoms with Crippen molar-refractivity contribution in [2.75, 3.05) is 20.2 Å². The Morgan fingerprint density at radius 1 is 1.18 bits per heavy atom. The predicted molar refractivity (Wildman–Crippen MR) is 98.4 cm³/mol. The molecule has 7 heteroatoms. The second-order valence-electron chi connectivity index (χ2n) is 6.50. The van der Waals surface area contributed by atoms with Crippen LogP contribution in [0.3, 0.4) is 0 Å². The minimum absolute atomic E-state index is 0.230. The number of ether oxygens (including phenoxy) is 2. The van der Waals surface area contributed by atoms with Gasteiger partial charge in [-0.1, -0.05) is 0 Å². The number of likely N-dealkylation sites (tertiary alicyclic amines) is 1. The lowest BCUT2D eigenvalue weighted by molar-refractivity contribution is -0.140. The van der Waals surface area contributed by atoms with Crippen molar-refractivity contribution in [3.05, 3.63) is 59.4 Å². The summed E-state index contributed by atoms with van der Waals surface area (Å²) in [5, 5.41) is 8.95. The summed E-state index contributed by atoms with van der Waals surface area (Å²) in [7, 11) is 1.43. The SMILES string of the molecule is COc1cc(C#N)ccc1OC(=O)C1CCCN(C(=O)c2ccc(F)cc2)C1. The summed E-state index contributed by atoms with van der Waals surface area (Å²) in [5.74, 6) is -1.06. The molecule has 0 N–H and O–H groups in total. The van der Waals surface area contributed by atoms with Crippen LogP contribution in [-0.2, 0) is 4.79 Å². The molecule has 1 amide bonds. The summed E-state index contributed by atoms with van der Waals surface area (Å²) >= 11 is 0. The summed E-state index contributed by atoms with van der Waals surface area (Å²) in [4.78, 5) is 26.8. The molecule has 0 saturated carbocycles. The highest BCUT2D eigenvalue weighted by molar-refractivity contribution is 5.94. The monoisotopic (exact) mass is 382 g/mol. The van der Waals surface area contributed by atoms with Gasteiger partial charge >= 0.3 is 5.97 Å². The first-order valence-corrected chi connectivity index (χ1v) is 8.86. The molecule has 1 aliphatic rings. The molecule has 2 aromatic rings. The average Bonchev–Trinajstić information content (AvgIpc) is 2.74. The van der Waals surface area contributed by atoms with Crippen molar-refractivity contribution in [1.82, 2.24) is 4.90 Å². The maximum atomic E-state index is 13.1. The van der Waals surface area contributed by atoms with Gasteiger partial charge in [0.2, 0.25) is 0 Å². The molecule has 0 bridgehead atoms. The predicted octanol–water partition coefficient (Wildman–Crippen LogP) is 3.16. The number of benzene rings is 2. The van der Waals surface area contributed by atoms with E-state index in [-0.39, 0.29) is 18.2 Å². The highest BCUT2D eigenvalue weighted by Gasteiger charge is 2.30. The number of rotatable bonds is 4. The molecule has 0 radical (unpaired) electrons. The van der Waals surface area contributed by atoms with E-state index in [1.54, 1.807) is 4.90 Å². The Morgan fingerprint density at radius 3 is 2.61 bits per heavy atom. The highest BCUT2D eigenvalue weighted by atomic mass is 19.1. The lowest BCUT2D eigenvalue weighted by Crippen LogP contribution is -2.43. The van der Waals surface area contributed by atoms with Gasteiger partial charge in [-0.05, 0) is 49.2 Å². The topological polar surface area (TPSA) is 79.6 Å². The van der Waals surface area contributed by atoms with E-state index in [4.69, 9.17) is 14.7 Å². The van der Waals surface area contributed by atoms with Gasteiger partial charge in [-0.25, -0.2) is 4.39 Å². The summed E-state index contributed by atoms with van der Waals surface area (Å²) in [6.45, 7) is 0.758. The van der Waals surface area contributed by atoms with Gasteiger partial charge in [0.25, 0.3) is 5.91 Å². The Hall–Kier alpha value is -3.40. The molecule has 1 atom stereocenters. The Kier molecular flexibility index (Phi) is 5.90. The third-order valence-corrected chi connectivity index (χ3v) is 4.64. The molecule has 0 aliphatic carbocycles. The molecule has 144 valence electrons. The lowest BCUT2D eigenvalue weighted by Gasteiger charge is -2.31. The van der Waals surface area contributed by atoms with E-state index in [2.05, 4.69) is 0 Å². The van der Waals surface area contributed by atoms with Crippen LogP contribution in [0.15, 0.2) is 42.5 Å². The number of nitrogens with zero attached hydrogens (tertiary/aromatic N) is 2. The van der Waals surface area contributed by atoms with Crippen LogP contribution in [0.25, 0.3) is 0 Å². The molecule has 1 fully saturated rings. The number of hydrogen-bond donors (Lipinski definition) is 0. The zero-order valence-electron chi connectivity index (χ0n) is 15.4. The van der Waals surface area contributed by atoms with Gasteiger partial charge in [0.15, 0.2) is 11.5 Å². The number of halogens is 1.